The minimum atomic E-state index is -0.799. The van der Waals surface area contributed by atoms with Crippen molar-refractivity contribution in [1.82, 2.24) is 0 Å². The number of hydrogen-bond donors (Lipinski definition) is 1. The number of amides is 1. The summed E-state index contributed by atoms with van der Waals surface area (Å²) in [7, 11) is 0. The molecule has 3 aromatic rings. The van der Waals surface area contributed by atoms with E-state index in [4.69, 9.17) is 9.15 Å². The van der Waals surface area contributed by atoms with E-state index in [0.717, 1.165) is 24.0 Å². The number of ether oxygens (including phenoxy) is 1. The van der Waals surface area contributed by atoms with Gasteiger partial charge in [0, 0.05) is 11.8 Å². The highest BCUT2D eigenvalue weighted by molar-refractivity contribution is 6.20. The van der Waals surface area contributed by atoms with Gasteiger partial charge in [0.1, 0.15) is 5.75 Å². The van der Waals surface area contributed by atoms with Crippen LogP contribution in [0.4, 0.5) is 5.69 Å². The number of anilines is 1. The van der Waals surface area contributed by atoms with Gasteiger partial charge in [-0.05, 0) is 48.2 Å². The predicted molar refractivity (Wildman–Crippen MR) is 121 cm³/mol. The van der Waals surface area contributed by atoms with E-state index in [9.17, 15) is 14.7 Å². The van der Waals surface area contributed by atoms with Crippen molar-refractivity contribution in [3.8, 4) is 5.75 Å². The third kappa shape index (κ3) is 3.91. The Hall–Kier alpha value is -3.80. The lowest BCUT2D eigenvalue weighted by Gasteiger charge is -2.27. The number of carbonyl (C=O) groups excluding carboxylic acids is 2. The highest BCUT2D eigenvalue weighted by atomic mass is 16.5. The van der Waals surface area contributed by atoms with E-state index in [1.807, 2.05) is 37.3 Å². The van der Waals surface area contributed by atoms with Crippen molar-refractivity contribution in [2.75, 3.05) is 11.5 Å². The molecule has 1 unspecified atom stereocenters. The van der Waals surface area contributed by atoms with Crippen LogP contribution in [-0.4, -0.2) is 23.4 Å². The summed E-state index contributed by atoms with van der Waals surface area (Å²) in [6.07, 6.45) is 3.10. The fraction of sp³-hybridized carbons (Fsp3) is 0.231. The Labute approximate surface area is 186 Å². The number of ketones is 1. The van der Waals surface area contributed by atoms with E-state index in [0.29, 0.717) is 18.0 Å². The molecule has 0 fully saturated rings. The third-order valence-electron chi connectivity index (χ3n) is 5.47. The molecular formula is C26H25NO5. The van der Waals surface area contributed by atoms with Crippen LogP contribution in [0.5, 0.6) is 5.75 Å². The van der Waals surface area contributed by atoms with E-state index >= 15 is 0 Å². The molecule has 0 bridgehead atoms. The van der Waals surface area contributed by atoms with Gasteiger partial charge >= 0.3 is 0 Å². The smallest absolute Gasteiger partial charge is 0.294 e. The molecule has 2 heterocycles. The predicted octanol–water partition coefficient (Wildman–Crippen LogP) is 5.41. The molecule has 164 valence electrons. The molecular weight excluding hydrogens is 406 g/mol. The molecule has 0 spiro atoms. The summed E-state index contributed by atoms with van der Waals surface area (Å²) in [5.74, 6) is -1.06. The van der Waals surface area contributed by atoms with Crippen LogP contribution >= 0.6 is 0 Å². The number of aliphatic hydroxyl groups is 1. The van der Waals surface area contributed by atoms with Crippen molar-refractivity contribution in [3.63, 3.8) is 0 Å². The molecule has 1 atom stereocenters. The Morgan fingerprint density at radius 2 is 1.88 bits per heavy atom. The summed E-state index contributed by atoms with van der Waals surface area (Å²) in [5, 5.41) is 10.8. The lowest BCUT2D eigenvalue weighted by molar-refractivity contribution is -0.117. The van der Waals surface area contributed by atoms with Crippen molar-refractivity contribution >= 4 is 17.4 Å². The topological polar surface area (TPSA) is 80.0 Å². The minimum Gasteiger partial charge on any atom is -0.503 e. The van der Waals surface area contributed by atoms with E-state index in [1.165, 1.54) is 17.2 Å². The van der Waals surface area contributed by atoms with E-state index in [-0.39, 0.29) is 11.3 Å². The molecule has 1 aliphatic heterocycles. The largest absolute Gasteiger partial charge is 0.503 e. The Bertz CT molecular complexity index is 1150. The first kappa shape index (κ1) is 21.4. The lowest BCUT2D eigenvalue weighted by atomic mass is 9.94. The highest BCUT2D eigenvalue weighted by Gasteiger charge is 2.45. The van der Waals surface area contributed by atoms with Crippen molar-refractivity contribution in [2.24, 2.45) is 0 Å². The van der Waals surface area contributed by atoms with Gasteiger partial charge in [-0.15, -0.1) is 0 Å². The lowest BCUT2D eigenvalue weighted by Crippen LogP contribution is -2.31. The van der Waals surface area contributed by atoms with Crippen molar-refractivity contribution in [3.05, 3.63) is 95.1 Å². The van der Waals surface area contributed by atoms with Gasteiger partial charge in [0.15, 0.2) is 11.5 Å². The SMILES string of the molecule is CCCOc1cccc(N2C(=O)C(O)=C(C(=O)c3ccco3)C2c2ccc(CC)cc2)c1. The van der Waals surface area contributed by atoms with Gasteiger partial charge in [0.05, 0.1) is 24.5 Å². The van der Waals surface area contributed by atoms with E-state index < -0.39 is 23.5 Å². The van der Waals surface area contributed by atoms with Gasteiger partial charge < -0.3 is 14.3 Å². The van der Waals surface area contributed by atoms with Crippen LogP contribution in [0.2, 0.25) is 0 Å². The maximum Gasteiger partial charge on any atom is 0.294 e. The number of aryl methyl sites for hydroxylation is 1. The van der Waals surface area contributed by atoms with Gasteiger partial charge in [-0.1, -0.05) is 44.2 Å². The number of aliphatic hydroxyl groups excluding tert-OH is 1. The standard InChI is InChI=1S/C26H25NO5/c1-3-14-31-20-8-5-7-19(16-20)27-23(18-12-10-17(4-2)11-13-18)22(25(29)26(27)30)24(28)21-9-6-15-32-21/h5-13,15-16,23,29H,3-4,14H2,1-2H3. The summed E-state index contributed by atoms with van der Waals surface area (Å²) in [4.78, 5) is 27.9. The average molecular weight is 431 g/mol. The Balaban J connectivity index is 1.82. The molecule has 6 nitrogen and oxygen atoms in total. The normalized spacial score (nSPS) is 16.0. The Morgan fingerprint density at radius 1 is 1.09 bits per heavy atom. The van der Waals surface area contributed by atoms with Gasteiger partial charge in [-0.2, -0.15) is 0 Å². The molecule has 0 saturated carbocycles. The number of benzene rings is 2. The maximum atomic E-state index is 13.2. The van der Waals surface area contributed by atoms with Crippen LogP contribution in [0.3, 0.4) is 0 Å². The molecule has 4 rings (SSSR count). The molecule has 32 heavy (non-hydrogen) atoms. The average Bonchev–Trinajstić information content (AvgIpc) is 3.45. The zero-order valence-corrected chi connectivity index (χ0v) is 18.1. The molecule has 1 aromatic heterocycles. The summed E-state index contributed by atoms with van der Waals surface area (Å²) in [6.45, 7) is 4.61. The molecule has 2 aromatic carbocycles. The second-order valence-electron chi connectivity index (χ2n) is 7.59. The van der Waals surface area contributed by atoms with Gasteiger partial charge in [0.25, 0.3) is 5.91 Å². The summed E-state index contributed by atoms with van der Waals surface area (Å²) < 4.78 is 11.0. The summed E-state index contributed by atoms with van der Waals surface area (Å²) in [6, 6.07) is 17.1. The molecule has 6 heteroatoms. The fourth-order valence-corrected chi connectivity index (χ4v) is 3.84. The van der Waals surface area contributed by atoms with Gasteiger partial charge in [-0.3, -0.25) is 14.5 Å². The molecule has 0 radical (unpaired) electrons. The molecule has 1 aliphatic rings. The van der Waals surface area contributed by atoms with Gasteiger partial charge in [0.2, 0.25) is 5.78 Å². The molecule has 1 amide bonds. The number of hydrogen-bond acceptors (Lipinski definition) is 5. The second-order valence-corrected chi connectivity index (χ2v) is 7.59. The van der Waals surface area contributed by atoms with Crippen LogP contribution < -0.4 is 9.64 Å². The van der Waals surface area contributed by atoms with Gasteiger partial charge in [-0.25, -0.2) is 0 Å². The quantitative estimate of drug-likeness (QED) is 0.482. The van der Waals surface area contributed by atoms with Crippen molar-refractivity contribution in [2.45, 2.75) is 32.7 Å². The minimum absolute atomic E-state index is 0.00548. The van der Waals surface area contributed by atoms with Crippen molar-refractivity contribution < 1.29 is 23.8 Å². The highest BCUT2D eigenvalue weighted by Crippen LogP contribution is 2.42. The first-order valence-electron chi connectivity index (χ1n) is 10.7. The van der Waals surface area contributed by atoms with Crippen LogP contribution in [0, 0.1) is 0 Å². The van der Waals surface area contributed by atoms with Crippen LogP contribution in [0.15, 0.2) is 82.7 Å². The fourth-order valence-electron chi connectivity index (χ4n) is 3.84. The van der Waals surface area contributed by atoms with Crippen LogP contribution in [0.25, 0.3) is 0 Å². The molecule has 0 aliphatic carbocycles. The number of Topliss-reactive ketones (excluding diaryl/α,β-unsaturated/α-hetero) is 1. The van der Waals surface area contributed by atoms with E-state index in [2.05, 4.69) is 6.92 Å². The first-order valence-corrected chi connectivity index (χ1v) is 10.7. The Kier molecular flexibility index (Phi) is 6.12. The summed E-state index contributed by atoms with van der Waals surface area (Å²) >= 11 is 0. The molecule has 1 N–H and O–H groups in total. The van der Waals surface area contributed by atoms with Crippen LogP contribution in [0.1, 0.15) is 48.0 Å². The number of rotatable bonds is 8. The maximum absolute atomic E-state index is 13.2. The second kappa shape index (κ2) is 9.14. The van der Waals surface area contributed by atoms with Crippen molar-refractivity contribution in [1.29, 1.82) is 0 Å². The van der Waals surface area contributed by atoms with Crippen LogP contribution in [-0.2, 0) is 11.2 Å². The number of furan rings is 1. The zero-order valence-electron chi connectivity index (χ0n) is 18.1. The first-order chi connectivity index (χ1) is 15.5. The number of carbonyl (C=O) groups is 2. The number of nitrogens with zero attached hydrogens (tertiary/aromatic N) is 1. The molecule has 0 saturated heterocycles. The summed E-state index contributed by atoms with van der Waals surface area (Å²) in [5.41, 5.74) is 2.37. The van der Waals surface area contributed by atoms with E-state index in [1.54, 1.807) is 24.3 Å². The third-order valence-corrected chi connectivity index (χ3v) is 5.47. The Morgan fingerprint density at radius 3 is 2.53 bits per heavy atom. The monoisotopic (exact) mass is 431 g/mol. The zero-order chi connectivity index (χ0) is 22.7.